The zero-order valence-electron chi connectivity index (χ0n) is 26.4. The van der Waals surface area contributed by atoms with Crippen LogP contribution in [0.4, 0.5) is 4.39 Å². The van der Waals surface area contributed by atoms with Crippen LogP contribution in [0.2, 0.25) is 0 Å². The maximum Gasteiger partial charge on any atom is 0.253 e. The number of fused-ring (bicyclic) bond motifs is 4. The second kappa shape index (κ2) is 14.7. The molecular weight excluding hydrogens is 639 g/mol. The standard InChI is InChI=1S/C33H35FN8O5S/c1-46-30-14-7-26-23-31(30)47-22-4-18-41(48(44,45)29-12-8-27(34)9-13-29)17-3-2-16-40(21-20-39-19-15-35-32(26)39)33(43)25-5-10-28(11-6-25)42-24-36-37-38-42/h5-15,19,23-24H,2-4,16-18,20-22H2,1H3. The largest absolute Gasteiger partial charge is 0.493 e. The summed E-state index contributed by atoms with van der Waals surface area (Å²) in [4.78, 5) is 20.2. The average Bonchev–Trinajstić information content (AvgIpc) is 3.81. The lowest BCUT2D eigenvalue weighted by Gasteiger charge is -2.25. The van der Waals surface area contributed by atoms with E-state index in [-0.39, 0.29) is 30.5 Å². The number of sulfonamides is 1. The van der Waals surface area contributed by atoms with Crippen molar-refractivity contribution in [3.05, 3.63) is 96.8 Å². The summed E-state index contributed by atoms with van der Waals surface area (Å²) >= 11 is 0. The normalized spacial score (nSPS) is 15.2. The summed E-state index contributed by atoms with van der Waals surface area (Å²) in [5.41, 5.74) is 2.02. The van der Waals surface area contributed by atoms with E-state index in [0.29, 0.717) is 67.5 Å². The molecule has 0 radical (unpaired) electrons. The molecule has 1 aliphatic heterocycles. The second-order valence-corrected chi connectivity index (χ2v) is 13.1. The van der Waals surface area contributed by atoms with Crippen molar-refractivity contribution in [2.45, 2.75) is 30.7 Å². The fourth-order valence-corrected chi connectivity index (χ4v) is 7.08. The van der Waals surface area contributed by atoms with Gasteiger partial charge in [0.1, 0.15) is 18.0 Å². The van der Waals surface area contributed by atoms with Crippen molar-refractivity contribution in [3.8, 4) is 28.6 Å². The second-order valence-electron chi connectivity index (χ2n) is 11.2. The Bertz CT molecular complexity index is 1930. The summed E-state index contributed by atoms with van der Waals surface area (Å²) in [5.74, 6) is 1.08. The first kappa shape index (κ1) is 32.8. The highest BCUT2D eigenvalue weighted by atomic mass is 32.2. The molecule has 0 saturated carbocycles. The molecule has 2 bridgehead atoms. The van der Waals surface area contributed by atoms with Crippen LogP contribution in [-0.2, 0) is 16.6 Å². The van der Waals surface area contributed by atoms with Gasteiger partial charge in [0, 0.05) is 56.2 Å². The van der Waals surface area contributed by atoms with E-state index < -0.39 is 15.8 Å². The van der Waals surface area contributed by atoms with Crippen LogP contribution in [0.25, 0.3) is 17.1 Å². The number of benzene rings is 3. The Kier molecular flexibility index (Phi) is 10.1. The number of hydrogen-bond acceptors (Lipinski definition) is 9. The molecule has 0 N–H and O–H groups in total. The number of nitrogens with zero attached hydrogens (tertiary/aromatic N) is 8. The SMILES string of the molecule is COc1ccc2cc1OCCCN(S(=O)(=O)c1ccc(F)cc1)CCCCN(C(=O)c1ccc(-n3cnnn3)cc1)CCn1ccnc1-2. The summed E-state index contributed by atoms with van der Waals surface area (Å²) < 4.78 is 57.4. The minimum atomic E-state index is -3.92. The zero-order valence-corrected chi connectivity index (χ0v) is 27.2. The molecule has 48 heavy (non-hydrogen) atoms. The van der Waals surface area contributed by atoms with Crippen molar-refractivity contribution in [1.82, 2.24) is 39.0 Å². The number of rotatable bonds is 5. The van der Waals surface area contributed by atoms with Gasteiger partial charge in [0.05, 0.1) is 24.3 Å². The summed E-state index contributed by atoms with van der Waals surface area (Å²) in [7, 11) is -2.36. The number of hydrogen-bond donors (Lipinski definition) is 0. The molecule has 6 rings (SSSR count). The predicted octanol–water partition coefficient (Wildman–Crippen LogP) is 4.07. The minimum Gasteiger partial charge on any atom is -0.493 e. The molecule has 250 valence electrons. The van der Waals surface area contributed by atoms with Gasteiger partial charge in [-0.3, -0.25) is 4.79 Å². The number of methoxy groups -OCH3 is 1. The highest BCUT2D eigenvalue weighted by molar-refractivity contribution is 7.89. The average molecular weight is 675 g/mol. The monoisotopic (exact) mass is 674 g/mol. The van der Waals surface area contributed by atoms with Crippen LogP contribution in [0.5, 0.6) is 11.5 Å². The van der Waals surface area contributed by atoms with Crippen LogP contribution >= 0.6 is 0 Å². The number of tetrazole rings is 1. The predicted molar refractivity (Wildman–Crippen MR) is 174 cm³/mol. The minimum absolute atomic E-state index is 0.0152. The number of ether oxygens (including phenoxy) is 2. The number of aromatic nitrogens is 6. The van der Waals surface area contributed by atoms with Gasteiger partial charge in [-0.2, -0.15) is 4.31 Å². The molecule has 1 aliphatic rings. The maximum atomic E-state index is 13.9. The first-order valence-electron chi connectivity index (χ1n) is 15.5. The molecular formula is C33H35FN8O5S. The molecule has 15 heteroatoms. The van der Waals surface area contributed by atoms with Gasteiger partial charge in [-0.1, -0.05) is 0 Å². The van der Waals surface area contributed by atoms with Crippen molar-refractivity contribution in [2.24, 2.45) is 0 Å². The number of amides is 1. The number of imidazole rings is 1. The first-order chi connectivity index (χ1) is 23.3. The molecule has 3 heterocycles. The molecule has 13 nitrogen and oxygen atoms in total. The number of halogens is 1. The number of carbonyl (C=O) groups excluding carboxylic acids is 1. The Morgan fingerprint density at radius 3 is 2.44 bits per heavy atom. The topological polar surface area (TPSA) is 138 Å². The molecule has 0 atom stereocenters. The zero-order chi connectivity index (χ0) is 33.5. The Hall–Kier alpha value is -5.15. The van der Waals surface area contributed by atoms with Gasteiger partial charge in [0.15, 0.2) is 11.5 Å². The molecule has 1 amide bonds. The van der Waals surface area contributed by atoms with Gasteiger partial charge in [-0.25, -0.2) is 22.5 Å². The fraction of sp³-hybridized carbons (Fsp3) is 0.303. The smallest absolute Gasteiger partial charge is 0.253 e. The van der Waals surface area contributed by atoms with Crippen molar-refractivity contribution < 1.29 is 27.1 Å². The molecule has 0 aliphatic carbocycles. The van der Waals surface area contributed by atoms with Gasteiger partial charge in [-0.05, 0) is 96.4 Å². The Labute approximate surface area is 277 Å². The van der Waals surface area contributed by atoms with Gasteiger partial charge in [0.25, 0.3) is 5.91 Å². The molecule has 0 unspecified atom stereocenters. The van der Waals surface area contributed by atoms with E-state index in [1.54, 1.807) is 48.5 Å². The van der Waals surface area contributed by atoms with Crippen LogP contribution in [0, 0.1) is 5.82 Å². The first-order valence-corrected chi connectivity index (χ1v) is 17.0. The van der Waals surface area contributed by atoms with E-state index >= 15 is 0 Å². The maximum absolute atomic E-state index is 13.9. The van der Waals surface area contributed by atoms with Gasteiger partial charge in [0.2, 0.25) is 10.0 Å². The molecule has 0 spiro atoms. The van der Waals surface area contributed by atoms with Crippen molar-refractivity contribution in [1.29, 1.82) is 0 Å². The van der Waals surface area contributed by atoms with Gasteiger partial charge < -0.3 is 18.9 Å². The lowest BCUT2D eigenvalue weighted by Crippen LogP contribution is -2.36. The quantitative estimate of drug-likeness (QED) is 0.270. The van der Waals surface area contributed by atoms with E-state index in [1.807, 2.05) is 22.9 Å². The third kappa shape index (κ3) is 7.37. The van der Waals surface area contributed by atoms with Gasteiger partial charge in [-0.15, -0.1) is 5.10 Å². The summed E-state index contributed by atoms with van der Waals surface area (Å²) in [6.45, 7) is 1.89. The highest BCUT2D eigenvalue weighted by Gasteiger charge is 2.25. The van der Waals surface area contributed by atoms with Gasteiger partial charge >= 0.3 is 0 Å². The van der Waals surface area contributed by atoms with Crippen molar-refractivity contribution in [2.75, 3.05) is 39.9 Å². The Balaban J connectivity index is 1.28. The lowest BCUT2D eigenvalue weighted by atomic mass is 10.1. The van der Waals surface area contributed by atoms with Crippen LogP contribution in [-0.4, -0.2) is 93.2 Å². The van der Waals surface area contributed by atoms with E-state index in [9.17, 15) is 17.6 Å². The van der Waals surface area contributed by atoms with E-state index in [2.05, 4.69) is 20.5 Å². The third-order valence-electron chi connectivity index (χ3n) is 8.11. The number of carbonyl (C=O) groups is 1. The van der Waals surface area contributed by atoms with Crippen molar-refractivity contribution in [3.63, 3.8) is 0 Å². The molecule has 0 fully saturated rings. The molecule has 0 saturated heterocycles. The van der Waals surface area contributed by atoms with Crippen LogP contribution in [0.15, 0.2) is 90.3 Å². The molecule has 3 aromatic carbocycles. The lowest BCUT2D eigenvalue weighted by molar-refractivity contribution is 0.0746. The van der Waals surface area contributed by atoms with E-state index in [0.717, 1.165) is 17.7 Å². The van der Waals surface area contributed by atoms with Crippen LogP contribution in [0.1, 0.15) is 29.6 Å². The van der Waals surface area contributed by atoms with Crippen LogP contribution < -0.4 is 9.47 Å². The van der Waals surface area contributed by atoms with E-state index in [4.69, 9.17) is 9.47 Å². The molecule has 2 aromatic heterocycles. The Morgan fingerprint density at radius 1 is 0.917 bits per heavy atom. The van der Waals surface area contributed by atoms with Crippen LogP contribution in [0.3, 0.4) is 0 Å². The summed E-state index contributed by atoms with van der Waals surface area (Å²) in [6.07, 6.45) is 6.51. The van der Waals surface area contributed by atoms with E-state index in [1.165, 1.54) is 27.4 Å². The van der Waals surface area contributed by atoms with Crippen molar-refractivity contribution >= 4 is 15.9 Å². The highest BCUT2D eigenvalue weighted by Crippen LogP contribution is 2.32. The summed E-state index contributed by atoms with van der Waals surface area (Å²) in [6, 6.07) is 17.4. The molecule has 5 aromatic rings. The summed E-state index contributed by atoms with van der Waals surface area (Å²) in [5, 5.41) is 11.2. The third-order valence-corrected chi connectivity index (χ3v) is 10.0. The fourth-order valence-electron chi connectivity index (χ4n) is 5.56. The Morgan fingerprint density at radius 2 is 1.69 bits per heavy atom.